The smallest absolute Gasteiger partial charge is 0.193 e. The van der Waals surface area contributed by atoms with Gasteiger partial charge >= 0.3 is 0 Å². The van der Waals surface area contributed by atoms with Crippen LogP contribution in [0, 0.1) is 5.92 Å². The molecule has 0 amide bonds. The quantitative estimate of drug-likeness (QED) is 0.368. The molecule has 1 aromatic carbocycles. The highest BCUT2D eigenvalue weighted by Gasteiger charge is 2.17. The summed E-state index contributed by atoms with van der Waals surface area (Å²) in [6.45, 7) is 9.73. The highest BCUT2D eigenvalue weighted by molar-refractivity contribution is 14.0. The minimum absolute atomic E-state index is 0. The fourth-order valence-corrected chi connectivity index (χ4v) is 3.16. The third kappa shape index (κ3) is 8.68. The summed E-state index contributed by atoms with van der Waals surface area (Å²) in [6, 6.07) is 8.19. The average Bonchev–Trinajstić information content (AvgIpc) is 2.61. The molecule has 0 bridgehead atoms. The Morgan fingerprint density at radius 2 is 1.93 bits per heavy atom. The lowest BCUT2D eigenvalue weighted by molar-refractivity contribution is 0.0625. The molecule has 27 heavy (non-hydrogen) atoms. The SMILES string of the molecule is CN=C(NCc1ccccc1OC(C)(C)C)N(C)CCC1CCOCC1.I. The first-order chi connectivity index (χ1) is 12.4. The molecule has 0 saturated carbocycles. The summed E-state index contributed by atoms with van der Waals surface area (Å²) in [4.78, 5) is 6.65. The van der Waals surface area contributed by atoms with Gasteiger partial charge in [0.15, 0.2) is 5.96 Å². The van der Waals surface area contributed by atoms with Crippen molar-refractivity contribution in [2.45, 2.75) is 52.2 Å². The van der Waals surface area contributed by atoms with E-state index in [4.69, 9.17) is 9.47 Å². The second-order valence-electron chi connectivity index (χ2n) is 7.99. The average molecular weight is 489 g/mol. The van der Waals surface area contributed by atoms with Crippen LogP contribution in [0.2, 0.25) is 0 Å². The van der Waals surface area contributed by atoms with Crippen LogP contribution in [0.4, 0.5) is 0 Å². The number of para-hydroxylation sites is 1. The highest BCUT2D eigenvalue weighted by Crippen LogP contribution is 2.23. The predicted octanol–water partition coefficient (Wildman–Crippen LogP) is 4.31. The zero-order valence-corrected chi connectivity index (χ0v) is 19.8. The predicted molar refractivity (Wildman–Crippen MR) is 123 cm³/mol. The maximum Gasteiger partial charge on any atom is 0.193 e. The minimum Gasteiger partial charge on any atom is -0.488 e. The van der Waals surface area contributed by atoms with Crippen LogP contribution >= 0.6 is 24.0 Å². The Morgan fingerprint density at radius 1 is 1.26 bits per heavy atom. The van der Waals surface area contributed by atoms with Crippen LogP contribution in [-0.2, 0) is 11.3 Å². The monoisotopic (exact) mass is 489 g/mol. The van der Waals surface area contributed by atoms with Crippen molar-refractivity contribution in [3.05, 3.63) is 29.8 Å². The lowest BCUT2D eigenvalue weighted by atomic mass is 9.96. The lowest BCUT2D eigenvalue weighted by Crippen LogP contribution is -2.39. The van der Waals surface area contributed by atoms with Gasteiger partial charge in [0.05, 0.1) is 0 Å². The van der Waals surface area contributed by atoms with Gasteiger partial charge in [-0.2, -0.15) is 0 Å². The third-order valence-electron chi connectivity index (χ3n) is 4.61. The summed E-state index contributed by atoms with van der Waals surface area (Å²) in [5.74, 6) is 2.61. The Hall–Kier alpha value is -1.02. The maximum absolute atomic E-state index is 6.08. The molecule has 0 spiro atoms. The van der Waals surface area contributed by atoms with Crippen LogP contribution in [0.3, 0.4) is 0 Å². The van der Waals surface area contributed by atoms with E-state index in [2.05, 4.69) is 49.1 Å². The van der Waals surface area contributed by atoms with Crippen LogP contribution in [0.1, 0.15) is 45.6 Å². The van der Waals surface area contributed by atoms with Crippen LogP contribution < -0.4 is 10.1 Å². The molecule has 1 fully saturated rings. The molecule has 1 aromatic rings. The zero-order valence-electron chi connectivity index (χ0n) is 17.5. The Balaban J connectivity index is 0.00000364. The van der Waals surface area contributed by atoms with Gasteiger partial charge in [0.25, 0.3) is 0 Å². The molecule has 0 radical (unpaired) electrons. The number of rotatable bonds is 6. The minimum atomic E-state index is -0.210. The van der Waals surface area contributed by atoms with E-state index >= 15 is 0 Å². The van der Waals surface area contributed by atoms with Crippen molar-refractivity contribution in [2.24, 2.45) is 10.9 Å². The molecular weight excluding hydrogens is 453 g/mol. The Labute approximate surface area is 181 Å². The molecule has 0 aromatic heterocycles. The summed E-state index contributed by atoms with van der Waals surface area (Å²) in [6.07, 6.45) is 3.54. The zero-order chi connectivity index (χ0) is 19.0. The molecule has 1 N–H and O–H groups in total. The largest absolute Gasteiger partial charge is 0.488 e. The standard InChI is InChI=1S/C21H35N3O2.HI/c1-21(2,3)26-19-9-7-6-8-18(19)16-23-20(22-4)24(5)13-10-17-11-14-25-15-12-17;/h6-9,17H,10-16H2,1-5H3,(H,22,23);1H. The van der Waals surface area contributed by atoms with Crippen LogP contribution in [-0.4, -0.2) is 50.3 Å². The van der Waals surface area contributed by atoms with Gasteiger partial charge in [-0.3, -0.25) is 4.99 Å². The van der Waals surface area contributed by atoms with Gasteiger partial charge in [0.1, 0.15) is 11.4 Å². The molecule has 5 nitrogen and oxygen atoms in total. The summed E-state index contributed by atoms with van der Waals surface area (Å²) >= 11 is 0. The lowest BCUT2D eigenvalue weighted by Gasteiger charge is -2.27. The Morgan fingerprint density at radius 3 is 2.56 bits per heavy atom. The molecule has 1 aliphatic heterocycles. The highest BCUT2D eigenvalue weighted by atomic mass is 127. The molecule has 0 unspecified atom stereocenters. The number of aliphatic imine (C=N–C) groups is 1. The fraction of sp³-hybridized carbons (Fsp3) is 0.667. The first-order valence-electron chi connectivity index (χ1n) is 9.65. The molecule has 1 heterocycles. The van der Waals surface area contributed by atoms with Crippen molar-refractivity contribution >= 4 is 29.9 Å². The Bertz CT molecular complexity index is 581. The first-order valence-corrected chi connectivity index (χ1v) is 9.65. The number of guanidine groups is 1. The molecule has 0 atom stereocenters. The molecule has 1 saturated heterocycles. The number of hydrogen-bond acceptors (Lipinski definition) is 3. The molecule has 6 heteroatoms. The van der Waals surface area contributed by atoms with Crippen LogP contribution in [0.5, 0.6) is 5.75 Å². The van der Waals surface area contributed by atoms with Crippen molar-refractivity contribution in [1.29, 1.82) is 0 Å². The van der Waals surface area contributed by atoms with Crippen molar-refractivity contribution in [3.63, 3.8) is 0 Å². The van der Waals surface area contributed by atoms with Crippen LogP contribution in [0.15, 0.2) is 29.3 Å². The van der Waals surface area contributed by atoms with Crippen molar-refractivity contribution in [2.75, 3.05) is 33.9 Å². The number of nitrogens with one attached hydrogen (secondary N) is 1. The Kier molecular flexibility index (Phi) is 10.4. The molecule has 1 aliphatic rings. The van der Waals surface area contributed by atoms with E-state index in [-0.39, 0.29) is 29.6 Å². The maximum atomic E-state index is 6.08. The molecule has 0 aliphatic carbocycles. The number of ether oxygens (including phenoxy) is 2. The van der Waals surface area contributed by atoms with Gasteiger partial charge in [-0.15, -0.1) is 24.0 Å². The van der Waals surface area contributed by atoms with E-state index in [0.29, 0.717) is 6.54 Å². The van der Waals surface area contributed by atoms with Gasteiger partial charge in [-0.25, -0.2) is 0 Å². The summed E-state index contributed by atoms with van der Waals surface area (Å²) in [7, 11) is 3.94. The molecule has 154 valence electrons. The van der Waals surface area contributed by atoms with Crippen molar-refractivity contribution < 1.29 is 9.47 Å². The van der Waals surface area contributed by atoms with E-state index in [0.717, 1.165) is 42.9 Å². The van der Waals surface area contributed by atoms with E-state index in [1.165, 1.54) is 19.3 Å². The first kappa shape index (κ1) is 24.0. The van der Waals surface area contributed by atoms with Gasteiger partial charge in [-0.1, -0.05) is 18.2 Å². The summed E-state index contributed by atoms with van der Waals surface area (Å²) < 4.78 is 11.5. The second-order valence-corrected chi connectivity index (χ2v) is 7.99. The van der Waals surface area contributed by atoms with Crippen LogP contribution in [0.25, 0.3) is 0 Å². The fourth-order valence-electron chi connectivity index (χ4n) is 3.16. The van der Waals surface area contributed by atoms with E-state index in [9.17, 15) is 0 Å². The van der Waals surface area contributed by atoms with E-state index in [1.54, 1.807) is 0 Å². The van der Waals surface area contributed by atoms with Gasteiger partial charge in [-0.05, 0) is 52.0 Å². The summed E-state index contributed by atoms with van der Waals surface area (Å²) in [5, 5.41) is 3.47. The summed E-state index contributed by atoms with van der Waals surface area (Å²) in [5.41, 5.74) is 0.930. The van der Waals surface area contributed by atoms with E-state index in [1.807, 2.05) is 25.2 Å². The van der Waals surface area contributed by atoms with Gasteiger partial charge in [0.2, 0.25) is 0 Å². The number of nitrogens with zero attached hydrogens (tertiary/aromatic N) is 2. The third-order valence-corrected chi connectivity index (χ3v) is 4.61. The second kappa shape index (κ2) is 11.7. The molecule has 2 rings (SSSR count). The van der Waals surface area contributed by atoms with Gasteiger partial charge < -0.3 is 19.7 Å². The van der Waals surface area contributed by atoms with Crippen molar-refractivity contribution in [1.82, 2.24) is 10.2 Å². The number of benzene rings is 1. The number of halogens is 1. The van der Waals surface area contributed by atoms with E-state index < -0.39 is 0 Å². The van der Waals surface area contributed by atoms with Crippen molar-refractivity contribution in [3.8, 4) is 5.75 Å². The number of hydrogen-bond donors (Lipinski definition) is 1. The topological polar surface area (TPSA) is 46.1 Å². The normalized spacial score (nSPS) is 15.8. The van der Waals surface area contributed by atoms with Gasteiger partial charge in [0, 0.05) is 46.0 Å². The molecular formula is C21H36IN3O2.